The van der Waals surface area contributed by atoms with Crippen LogP contribution in [-0.2, 0) is 11.3 Å². The minimum atomic E-state index is -0.314. The number of piperazine rings is 1. The molecule has 9 heteroatoms. The van der Waals surface area contributed by atoms with Crippen molar-refractivity contribution in [2.75, 3.05) is 39.5 Å². The number of benzene rings is 2. The normalized spacial score (nSPS) is 15.8. The van der Waals surface area contributed by atoms with Crippen LogP contribution in [-0.4, -0.2) is 61.1 Å². The molecular weight excluding hydrogens is 450 g/mol. The molecule has 0 unspecified atom stereocenters. The minimum Gasteiger partial charge on any atom is -0.454 e. The Labute approximate surface area is 194 Å². The third-order valence-electron chi connectivity index (χ3n) is 5.71. The molecule has 3 aromatic rings. The fourth-order valence-corrected chi connectivity index (χ4v) is 5.39. The van der Waals surface area contributed by atoms with Gasteiger partial charge in [0.25, 0.3) is 5.91 Å². The molecule has 32 heavy (non-hydrogen) atoms. The van der Waals surface area contributed by atoms with E-state index < -0.39 is 0 Å². The number of nitrogens with zero attached hydrogens (tertiary/aromatic N) is 2. The maximum absolute atomic E-state index is 12.6. The number of hydrogen-bond donors (Lipinski definition) is 1. The van der Waals surface area contributed by atoms with Gasteiger partial charge in [-0.15, -0.1) is 11.3 Å². The Morgan fingerprint density at radius 3 is 2.62 bits per heavy atom. The lowest BCUT2D eigenvalue weighted by molar-refractivity contribution is -0.131. The zero-order valence-electron chi connectivity index (χ0n) is 17.3. The van der Waals surface area contributed by atoms with Gasteiger partial charge in [0.15, 0.2) is 11.5 Å². The van der Waals surface area contributed by atoms with Gasteiger partial charge in [0.2, 0.25) is 12.7 Å². The van der Waals surface area contributed by atoms with E-state index in [1.165, 1.54) is 11.3 Å². The Hall–Kier alpha value is -2.81. The SMILES string of the molecule is O=C(NCC(=O)N1CCN(Cc2ccc3c(c2)OCO3)CC1)c1sc2ccccc2c1Cl. The molecule has 1 fully saturated rings. The van der Waals surface area contributed by atoms with Crippen LogP contribution in [0.15, 0.2) is 42.5 Å². The molecule has 166 valence electrons. The van der Waals surface area contributed by atoms with E-state index >= 15 is 0 Å². The van der Waals surface area contributed by atoms with Gasteiger partial charge in [-0.3, -0.25) is 14.5 Å². The van der Waals surface area contributed by atoms with Crippen molar-refractivity contribution in [1.82, 2.24) is 15.1 Å². The molecule has 2 amide bonds. The van der Waals surface area contributed by atoms with Gasteiger partial charge in [-0.2, -0.15) is 0 Å². The van der Waals surface area contributed by atoms with E-state index in [1.54, 1.807) is 4.90 Å². The Balaban J connectivity index is 1.11. The van der Waals surface area contributed by atoms with E-state index in [-0.39, 0.29) is 25.2 Å². The molecule has 1 aromatic heterocycles. The zero-order valence-corrected chi connectivity index (χ0v) is 18.9. The molecule has 0 spiro atoms. The summed E-state index contributed by atoms with van der Waals surface area (Å²) >= 11 is 7.70. The van der Waals surface area contributed by atoms with Crippen molar-refractivity contribution in [3.8, 4) is 11.5 Å². The number of carbonyl (C=O) groups excluding carboxylic acids is 2. The number of carbonyl (C=O) groups is 2. The van der Waals surface area contributed by atoms with Gasteiger partial charge < -0.3 is 19.7 Å². The number of fused-ring (bicyclic) bond motifs is 2. The molecule has 1 N–H and O–H groups in total. The second kappa shape index (κ2) is 8.97. The smallest absolute Gasteiger partial charge is 0.263 e. The van der Waals surface area contributed by atoms with Crippen LogP contribution in [0.25, 0.3) is 10.1 Å². The largest absolute Gasteiger partial charge is 0.454 e. The molecular formula is C23H22ClN3O4S. The fourth-order valence-electron chi connectivity index (χ4n) is 3.96. The predicted molar refractivity (Wildman–Crippen MR) is 124 cm³/mol. The molecule has 3 heterocycles. The molecule has 0 bridgehead atoms. The molecule has 0 atom stereocenters. The van der Waals surface area contributed by atoms with Gasteiger partial charge >= 0.3 is 0 Å². The van der Waals surface area contributed by atoms with Gasteiger partial charge in [-0.25, -0.2) is 0 Å². The van der Waals surface area contributed by atoms with Gasteiger partial charge in [0.1, 0.15) is 4.88 Å². The highest BCUT2D eigenvalue weighted by atomic mass is 35.5. The summed E-state index contributed by atoms with van der Waals surface area (Å²) in [5.41, 5.74) is 1.15. The van der Waals surface area contributed by atoms with E-state index in [1.807, 2.05) is 42.5 Å². The summed E-state index contributed by atoms with van der Waals surface area (Å²) in [5, 5.41) is 4.02. The first kappa shape index (κ1) is 21.1. The van der Waals surface area contributed by atoms with Crippen LogP contribution in [0.5, 0.6) is 11.5 Å². The maximum Gasteiger partial charge on any atom is 0.263 e. The summed E-state index contributed by atoms with van der Waals surface area (Å²) in [6.45, 7) is 3.83. The summed E-state index contributed by atoms with van der Waals surface area (Å²) in [4.78, 5) is 29.7. The lowest BCUT2D eigenvalue weighted by Crippen LogP contribution is -2.50. The zero-order chi connectivity index (χ0) is 22.1. The Bertz CT molecular complexity index is 1170. The number of rotatable bonds is 5. The standard InChI is InChI=1S/C23H22ClN3O4S/c24-21-16-3-1-2-4-19(16)32-22(21)23(29)25-12-20(28)27-9-7-26(8-10-27)13-15-5-6-17-18(11-15)31-14-30-17/h1-6,11H,7-10,12-14H2,(H,25,29). The van der Waals surface area contributed by atoms with Gasteiger partial charge in [0, 0.05) is 42.8 Å². The second-order valence-corrected chi connectivity index (χ2v) is 9.20. The molecule has 0 radical (unpaired) electrons. The third-order valence-corrected chi connectivity index (χ3v) is 7.38. The molecule has 0 aliphatic carbocycles. The highest BCUT2D eigenvalue weighted by Gasteiger charge is 2.23. The lowest BCUT2D eigenvalue weighted by Gasteiger charge is -2.34. The summed E-state index contributed by atoms with van der Waals surface area (Å²) in [5.74, 6) is 1.17. The van der Waals surface area contributed by atoms with E-state index in [0.717, 1.165) is 46.8 Å². The van der Waals surface area contributed by atoms with Crippen molar-refractivity contribution in [3.63, 3.8) is 0 Å². The molecule has 0 saturated carbocycles. The van der Waals surface area contributed by atoms with Crippen LogP contribution in [0.3, 0.4) is 0 Å². The van der Waals surface area contributed by atoms with Crippen molar-refractivity contribution < 1.29 is 19.1 Å². The summed E-state index contributed by atoms with van der Waals surface area (Å²) in [7, 11) is 0. The monoisotopic (exact) mass is 471 g/mol. The van der Waals surface area contributed by atoms with Crippen molar-refractivity contribution in [3.05, 3.63) is 57.9 Å². The summed E-state index contributed by atoms with van der Waals surface area (Å²) in [6, 6.07) is 13.6. The van der Waals surface area contributed by atoms with E-state index in [2.05, 4.69) is 10.2 Å². The van der Waals surface area contributed by atoms with Crippen LogP contribution in [0.4, 0.5) is 0 Å². The van der Waals surface area contributed by atoms with Crippen LogP contribution >= 0.6 is 22.9 Å². The Kier molecular flexibility index (Phi) is 5.91. The van der Waals surface area contributed by atoms with Crippen LogP contribution in [0.1, 0.15) is 15.2 Å². The first-order valence-electron chi connectivity index (χ1n) is 10.4. The minimum absolute atomic E-state index is 0.0361. The fraction of sp³-hybridized carbons (Fsp3) is 0.304. The maximum atomic E-state index is 12.6. The first-order valence-corrected chi connectivity index (χ1v) is 11.6. The van der Waals surface area contributed by atoms with Crippen molar-refractivity contribution in [1.29, 1.82) is 0 Å². The van der Waals surface area contributed by atoms with Crippen molar-refractivity contribution in [2.45, 2.75) is 6.54 Å². The van der Waals surface area contributed by atoms with Crippen molar-refractivity contribution >= 4 is 44.8 Å². The quantitative estimate of drug-likeness (QED) is 0.618. The van der Waals surface area contributed by atoms with Gasteiger partial charge in [-0.05, 0) is 23.8 Å². The average molecular weight is 472 g/mol. The van der Waals surface area contributed by atoms with E-state index in [9.17, 15) is 9.59 Å². The first-order chi connectivity index (χ1) is 15.6. The average Bonchev–Trinajstić information content (AvgIpc) is 3.42. The Morgan fingerprint density at radius 1 is 1.03 bits per heavy atom. The topological polar surface area (TPSA) is 71.1 Å². The molecule has 1 saturated heterocycles. The number of hydrogen-bond acceptors (Lipinski definition) is 6. The van der Waals surface area contributed by atoms with E-state index in [4.69, 9.17) is 21.1 Å². The van der Waals surface area contributed by atoms with E-state index in [0.29, 0.717) is 23.0 Å². The number of nitrogens with one attached hydrogen (secondary N) is 1. The van der Waals surface area contributed by atoms with Gasteiger partial charge in [-0.1, -0.05) is 35.9 Å². The third kappa shape index (κ3) is 4.26. The highest BCUT2D eigenvalue weighted by Crippen LogP contribution is 2.35. The second-order valence-electron chi connectivity index (χ2n) is 7.77. The van der Waals surface area contributed by atoms with Gasteiger partial charge in [0.05, 0.1) is 11.6 Å². The summed E-state index contributed by atoms with van der Waals surface area (Å²) < 4.78 is 11.8. The molecule has 2 aromatic carbocycles. The van der Waals surface area contributed by atoms with Crippen molar-refractivity contribution in [2.24, 2.45) is 0 Å². The number of halogens is 1. The number of amides is 2. The molecule has 5 rings (SSSR count). The molecule has 7 nitrogen and oxygen atoms in total. The number of thiophene rings is 1. The van der Waals surface area contributed by atoms with Crippen LogP contribution < -0.4 is 14.8 Å². The molecule has 2 aliphatic heterocycles. The predicted octanol–water partition coefficient (Wildman–Crippen LogP) is 3.36. The highest BCUT2D eigenvalue weighted by molar-refractivity contribution is 7.21. The Morgan fingerprint density at radius 2 is 1.81 bits per heavy atom. The van der Waals surface area contributed by atoms with Crippen LogP contribution in [0, 0.1) is 0 Å². The van der Waals surface area contributed by atoms with Crippen LogP contribution in [0.2, 0.25) is 5.02 Å². The number of ether oxygens (including phenoxy) is 2. The summed E-state index contributed by atoms with van der Waals surface area (Å²) in [6.07, 6.45) is 0. The molecule has 2 aliphatic rings. The lowest BCUT2D eigenvalue weighted by atomic mass is 10.1.